The molecular formula is C14H27NO3. The van der Waals surface area contributed by atoms with Crippen molar-refractivity contribution in [3.05, 3.63) is 0 Å². The van der Waals surface area contributed by atoms with E-state index in [0.29, 0.717) is 11.8 Å². The van der Waals surface area contributed by atoms with Gasteiger partial charge in [0.05, 0.1) is 0 Å². The summed E-state index contributed by atoms with van der Waals surface area (Å²) < 4.78 is 5.40. The van der Waals surface area contributed by atoms with Crippen molar-refractivity contribution in [1.29, 1.82) is 0 Å². The van der Waals surface area contributed by atoms with E-state index in [2.05, 4.69) is 6.92 Å². The molecule has 2 atom stereocenters. The predicted molar refractivity (Wildman–Crippen MR) is 71.4 cm³/mol. The Labute approximate surface area is 110 Å². The van der Waals surface area contributed by atoms with Gasteiger partial charge in [-0.2, -0.15) is 0 Å². The van der Waals surface area contributed by atoms with E-state index in [-0.39, 0.29) is 12.7 Å². The van der Waals surface area contributed by atoms with Crippen molar-refractivity contribution in [3.8, 4) is 0 Å². The van der Waals surface area contributed by atoms with Crippen LogP contribution in [0, 0.1) is 11.8 Å². The van der Waals surface area contributed by atoms with Crippen LogP contribution in [0.3, 0.4) is 0 Å². The molecule has 1 aliphatic rings. The van der Waals surface area contributed by atoms with Crippen molar-refractivity contribution in [2.45, 2.75) is 52.6 Å². The van der Waals surface area contributed by atoms with Gasteiger partial charge in [-0.3, -0.25) is 0 Å². The number of amides is 1. The van der Waals surface area contributed by atoms with E-state index in [4.69, 9.17) is 9.84 Å². The Bertz CT molecular complexity index is 273. The van der Waals surface area contributed by atoms with Crippen molar-refractivity contribution in [2.24, 2.45) is 11.8 Å². The third-order valence-electron chi connectivity index (χ3n) is 3.57. The first kappa shape index (κ1) is 15.3. The van der Waals surface area contributed by atoms with Crippen LogP contribution in [0.25, 0.3) is 0 Å². The first-order chi connectivity index (χ1) is 8.37. The molecule has 0 aromatic carbocycles. The fraction of sp³-hybridized carbons (Fsp3) is 0.929. The van der Waals surface area contributed by atoms with E-state index >= 15 is 0 Å². The second-order valence-corrected chi connectivity index (χ2v) is 6.16. The number of carbonyl (C=O) groups excluding carboxylic acids is 1. The van der Waals surface area contributed by atoms with Crippen molar-refractivity contribution in [2.75, 3.05) is 19.7 Å². The molecule has 1 saturated heterocycles. The lowest BCUT2D eigenvalue weighted by Gasteiger charge is -2.38. The molecule has 0 aromatic rings. The zero-order chi connectivity index (χ0) is 13.8. The number of nitrogens with zero attached hydrogens (tertiary/aromatic N) is 1. The van der Waals surface area contributed by atoms with Crippen molar-refractivity contribution >= 4 is 6.09 Å². The summed E-state index contributed by atoms with van der Waals surface area (Å²) in [7, 11) is 0. The van der Waals surface area contributed by atoms with E-state index in [9.17, 15) is 4.79 Å². The summed E-state index contributed by atoms with van der Waals surface area (Å²) in [5.74, 6) is 1.03. The lowest BCUT2D eigenvalue weighted by atomic mass is 9.82. The molecule has 0 saturated carbocycles. The molecule has 1 fully saturated rings. The Kier molecular flexibility index (Phi) is 5.45. The van der Waals surface area contributed by atoms with Crippen molar-refractivity contribution < 1.29 is 14.6 Å². The molecule has 18 heavy (non-hydrogen) atoms. The lowest BCUT2D eigenvalue weighted by molar-refractivity contribution is 0.00809. The fourth-order valence-electron chi connectivity index (χ4n) is 2.58. The standard InChI is InChI=1S/C14H27NO3/c1-5-11-10-15(8-6-12(11)7-9-16)13(17)18-14(2,3)4/h11-12,16H,5-10H2,1-4H3. The Morgan fingerprint density at radius 1 is 1.39 bits per heavy atom. The van der Waals surface area contributed by atoms with Gasteiger partial charge < -0.3 is 14.7 Å². The molecular weight excluding hydrogens is 230 g/mol. The molecule has 1 heterocycles. The van der Waals surface area contributed by atoms with Crippen LogP contribution in [0.4, 0.5) is 4.79 Å². The second kappa shape index (κ2) is 6.41. The molecule has 0 aliphatic carbocycles. The molecule has 0 aromatic heterocycles. The zero-order valence-corrected chi connectivity index (χ0v) is 12.1. The maximum Gasteiger partial charge on any atom is 0.410 e. The van der Waals surface area contributed by atoms with E-state index in [1.54, 1.807) is 0 Å². The molecule has 0 radical (unpaired) electrons. The highest BCUT2D eigenvalue weighted by Gasteiger charge is 2.32. The van der Waals surface area contributed by atoms with Gasteiger partial charge in [0.2, 0.25) is 0 Å². The van der Waals surface area contributed by atoms with Crippen LogP contribution in [-0.2, 0) is 4.74 Å². The minimum absolute atomic E-state index is 0.205. The molecule has 0 spiro atoms. The smallest absolute Gasteiger partial charge is 0.410 e. The Morgan fingerprint density at radius 2 is 2.06 bits per heavy atom. The van der Waals surface area contributed by atoms with Gasteiger partial charge in [-0.1, -0.05) is 13.3 Å². The average Bonchev–Trinajstić information content (AvgIpc) is 2.27. The van der Waals surface area contributed by atoms with Gasteiger partial charge in [0.25, 0.3) is 0 Å². The number of aliphatic hydroxyl groups is 1. The molecule has 1 aliphatic heterocycles. The van der Waals surface area contributed by atoms with Crippen LogP contribution in [0.15, 0.2) is 0 Å². The van der Waals surface area contributed by atoms with Crippen molar-refractivity contribution in [3.63, 3.8) is 0 Å². The number of aliphatic hydroxyl groups excluding tert-OH is 1. The SMILES string of the molecule is CCC1CN(C(=O)OC(C)(C)C)CCC1CCO. The number of hydrogen-bond donors (Lipinski definition) is 1. The third-order valence-corrected chi connectivity index (χ3v) is 3.57. The minimum atomic E-state index is -0.430. The van der Waals surface area contributed by atoms with Gasteiger partial charge >= 0.3 is 6.09 Å². The summed E-state index contributed by atoms with van der Waals surface area (Å²) >= 11 is 0. The first-order valence-electron chi connectivity index (χ1n) is 6.96. The molecule has 1 N–H and O–H groups in total. The van der Waals surface area contributed by atoms with E-state index in [1.807, 2.05) is 25.7 Å². The Morgan fingerprint density at radius 3 is 2.56 bits per heavy atom. The topological polar surface area (TPSA) is 49.8 Å². The van der Waals surface area contributed by atoms with Gasteiger partial charge in [-0.05, 0) is 45.4 Å². The monoisotopic (exact) mass is 257 g/mol. The minimum Gasteiger partial charge on any atom is -0.444 e. The van der Waals surface area contributed by atoms with E-state index in [0.717, 1.165) is 32.4 Å². The fourth-order valence-corrected chi connectivity index (χ4v) is 2.58. The van der Waals surface area contributed by atoms with Crippen LogP contribution in [0.2, 0.25) is 0 Å². The summed E-state index contributed by atoms with van der Waals surface area (Å²) in [6.07, 6.45) is 2.66. The van der Waals surface area contributed by atoms with Crippen LogP contribution < -0.4 is 0 Å². The normalized spacial score (nSPS) is 25.1. The van der Waals surface area contributed by atoms with Crippen molar-refractivity contribution in [1.82, 2.24) is 4.90 Å². The largest absolute Gasteiger partial charge is 0.444 e. The van der Waals surface area contributed by atoms with Crippen LogP contribution in [-0.4, -0.2) is 41.4 Å². The van der Waals surface area contributed by atoms with E-state index in [1.165, 1.54) is 0 Å². The summed E-state index contributed by atoms with van der Waals surface area (Å²) in [6.45, 7) is 9.57. The molecule has 1 amide bonds. The highest BCUT2D eigenvalue weighted by molar-refractivity contribution is 5.68. The molecule has 4 heteroatoms. The predicted octanol–water partition coefficient (Wildman–Crippen LogP) is 2.65. The molecule has 4 nitrogen and oxygen atoms in total. The number of rotatable bonds is 3. The maximum atomic E-state index is 12.0. The van der Waals surface area contributed by atoms with Crippen LogP contribution in [0.1, 0.15) is 47.0 Å². The van der Waals surface area contributed by atoms with Gasteiger partial charge in [-0.25, -0.2) is 4.79 Å². The van der Waals surface area contributed by atoms with Crippen LogP contribution >= 0.6 is 0 Å². The number of piperidine rings is 1. The lowest BCUT2D eigenvalue weighted by Crippen LogP contribution is -2.45. The highest BCUT2D eigenvalue weighted by Crippen LogP contribution is 2.29. The second-order valence-electron chi connectivity index (χ2n) is 6.16. The number of carbonyl (C=O) groups is 1. The summed E-state index contributed by atoms with van der Waals surface area (Å²) in [5.41, 5.74) is -0.430. The summed E-state index contributed by atoms with van der Waals surface area (Å²) in [5, 5.41) is 9.05. The Balaban J connectivity index is 2.54. The maximum absolute atomic E-state index is 12.0. The van der Waals surface area contributed by atoms with Gasteiger partial charge in [0.1, 0.15) is 5.60 Å². The molecule has 2 unspecified atom stereocenters. The molecule has 1 rings (SSSR count). The quantitative estimate of drug-likeness (QED) is 0.845. The number of ether oxygens (including phenoxy) is 1. The Hall–Kier alpha value is -0.770. The van der Waals surface area contributed by atoms with Gasteiger partial charge in [-0.15, -0.1) is 0 Å². The van der Waals surface area contributed by atoms with Gasteiger partial charge in [0.15, 0.2) is 0 Å². The molecule has 0 bridgehead atoms. The number of hydrogen-bond acceptors (Lipinski definition) is 3. The molecule has 106 valence electrons. The van der Waals surface area contributed by atoms with E-state index < -0.39 is 5.60 Å². The third kappa shape index (κ3) is 4.48. The zero-order valence-electron chi connectivity index (χ0n) is 12.1. The number of likely N-dealkylation sites (tertiary alicyclic amines) is 1. The average molecular weight is 257 g/mol. The highest BCUT2D eigenvalue weighted by atomic mass is 16.6. The first-order valence-corrected chi connectivity index (χ1v) is 6.96. The van der Waals surface area contributed by atoms with Crippen LogP contribution in [0.5, 0.6) is 0 Å². The summed E-state index contributed by atoms with van der Waals surface area (Å²) in [4.78, 5) is 13.8. The summed E-state index contributed by atoms with van der Waals surface area (Å²) in [6, 6.07) is 0. The van der Waals surface area contributed by atoms with Gasteiger partial charge in [0, 0.05) is 19.7 Å².